The van der Waals surface area contributed by atoms with Crippen molar-refractivity contribution in [3.63, 3.8) is 0 Å². The van der Waals surface area contributed by atoms with E-state index in [0.29, 0.717) is 31.2 Å². The summed E-state index contributed by atoms with van der Waals surface area (Å²) in [6.07, 6.45) is 2.01. The minimum Gasteiger partial charge on any atom is -0.481 e. The molecule has 0 aliphatic carbocycles. The average Bonchev–Trinajstić information content (AvgIpc) is 2.14. The highest BCUT2D eigenvalue weighted by atomic mass is 16.4. The standard InChI is InChI=1S/C14H27NO3/c1-10(2)8-11(3)9-12(16)15-7-6-14(4,5)13(17)18/h10-11H,6-9H2,1-5H3,(H,15,16)(H,17,18). The molecule has 0 radical (unpaired) electrons. The van der Waals surface area contributed by atoms with E-state index in [1.54, 1.807) is 13.8 Å². The van der Waals surface area contributed by atoms with E-state index in [4.69, 9.17) is 5.11 Å². The molecule has 0 bridgehead atoms. The van der Waals surface area contributed by atoms with Crippen molar-refractivity contribution in [1.29, 1.82) is 0 Å². The molecule has 0 aromatic carbocycles. The lowest BCUT2D eigenvalue weighted by molar-refractivity contribution is -0.147. The Balaban J connectivity index is 3.88. The lowest BCUT2D eigenvalue weighted by Gasteiger charge is -2.19. The van der Waals surface area contributed by atoms with Gasteiger partial charge in [-0.3, -0.25) is 9.59 Å². The Labute approximate surface area is 110 Å². The van der Waals surface area contributed by atoms with Crippen LogP contribution in [-0.4, -0.2) is 23.5 Å². The molecule has 0 aliphatic rings. The number of hydrogen-bond donors (Lipinski definition) is 2. The number of carboxylic acid groups (broad SMARTS) is 1. The smallest absolute Gasteiger partial charge is 0.309 e. The highest BCUT2D eigenvalue weighted by Gasteiger charge is 2.26. The largest absolute Gasteiger partial charge is 0.481 e. The quantitative estimate of drug-likeness (QED) is 0.702. The molecule has 0 aromatic heterocycles. The number of aliphatic carboxylic acids is 1. The van der Waals surface area contributed by atoms with Gasteiger partial charge in [-0.2, -0.15) is 0 Å². The second kappa shape index (κ2) is 7.39. The van der Waals surface area contributed by atoms with Gasteiger partial charge in [0.25, 0.3) is 0 Å². The molecule has 18 heavy (non-hydrogen) atoms. The van der Waals surface area contributed by atoms with Crippen molar-refractivity contribution in [3.8, 4) is 0 Å². The fourth-order valence-electron chi connectivity index (χ4n) is 1.90. The van der Waals surface area contributed by atoms with Gasteiger partial charge in [-0.15, -0.1) is 0 Å². The van der Waals surface area contributed by atoms with Crippen LogP contribution in [0.3, 0.4) is 0 Å². The van der Waals surface area contributed by atoms with Crippen LogP contribution in [0.15, 0.2) is 0 Å². The minimum absolute atomic E-state index is 0.0179. The normalized spacial score (nSPS) is 13.4. The second-order valence-corrected chi connectivity index (χ2v) is 6.23. The fourth-order valence-corrected chi connectivity index (χ4v) is 1.90. The summed E-state index contributed by atoms with van der Waals surface area (Å²) in [4.78, 5) is 22.5. The first-order chi connectivity index (χ1) is 8.15. The van der Waals surface area contributed by atoms with E-state index in [-0.39, 0.29) is 5.91 Å². The van der Waals surface area contributed by atoms with Crippen molar-refractivity contribution in [2.75, 3.05) is 6.54 Å². The van der Waals surface area contributed by atoms with Gasteiger partial charge in [0.15, 0.2) is 0 Å². The van der Waals surface area contributed by atoms with Gasteiger partial charge in [0.1, 0.15) is 0 Å². The summed E-state index contributed by atoms with van der Waals surface area (Å²) in [5, 5.41) is 11.7. The van der Waals surface area contributed by atoms with E-state index in [2.05, 4.69) is 26.1 Å². The van der Waals surface area contributed by atoms with E-state index in [1.807, 2.05) is 0 Å². The molecular weight excluding hydrogens is 230 g/mol. The van der Waals surface area contributed by atoms with Gasteiger partial charge in [0, 0.05) is 13.0 Å². The van der Waals surface area contributed by atoms with Gasteiger partial charge >= 0.3 is 5.97 Å². The van der Waals surface area contributed by atoms with Crippen LogP contribution < -0.4 is 5.32 Å². The van der Waals surface area contributed by atoms with Crippen LogP contribution in [0.4, 0.5) is 0 Å². The summed E-state index contributed by atoms with van der Waals surface area (Å²) in [7, 11) is 0. The summed E-state index contributed by atoms with van der Waals surface area (Å²) in [5.74, 6) is 0.158. The summed E-state index contributed by atoms with van der Waals surface area (Å²) >= 11 is 0. The van der Waals surface area contributed by atoms with Gasteiger partial charge in [-0.1, -0.05) is 20.8 Å². The molecule has 1 amide bonds. The van der Waals surface area contributed by atoms with Crippen molar-refractivity contribution >= 4 is 11.9 Å². The molecule has 0 rings (SSSR count). The van der Waals surface area contributed by atoms with Crippen LogP contribution >= 0.6 is 0 Å². The zero-order valence-electron chi connectivity index (χ0n) is 12.2. The van der Waals surface area contributed by atoms with Gasteiger partial charge in [0.05, 0.1) is 5.41 Å². The van der Waals surface area contributed by atoms with E-state index in [0.717, 1.165) is 6.42 Å². The molecule has 0 saturated heterocycles. The van der Waals surface area contributed by atoms with Crippen molar-refractivity contribution in [1.82, 2.24) is 5.32 Å². The molecule has 0 aliphatic heterocycles. The zero-order chi connectivity index (χ0) is 14.3. The number of carboxylic acids is 1. The van der Waals surface area contributed by atoms with Crippen LogP contribution in [0.2, 0.25) is 0 Å². The number of rotatable bonds is 8. The third kappa shape index (κ3) is 7.30. The van der Waals surface area contributed by atoms with Crippen molar-refractivity contribution in [2.24, 2.45) is 17.3 Å². The predicted octanol–water partition coefficient (Wildman–Crippen LogP) is 2.68. The Kier molecular flexibility index (Phi) is 6.96. The lowest BCUT2D eigenvalue weighted by Crippen LogP contribution is -2.32. The molecule has 106 valence electrons. The SMILES string of the molecule is CC(C)CC(C)CC(=O)NCCC(C)(C)C(=O)O. The van der Waals surface area contributed by atoms with Crippen LogP contribution in [0.1, 0.15) is 53.9 Å². The number of nitrogens with one attached hydrogen (secondary N) is 1. The number of amides is 1. The molecule has 0 spiro atoms. The summed E-state index contributed by atoms with van der Waals surface area (Å²) in [6, 6.07) is 0. The third-order valence-corrected chi connectivity index (χ3v) is 3.06. The topological polar surface area (TPSA) is 66.4 Å². The molecule has 0 aromatic rings. The average molecular weight is 257 g/mol. The van der Waals surface area contributed by atoms with E-state index in [1.165, 1.54) is 0 Å². The van der Waals surface area contributed by atoms with Crippen molar-refractivity contribution < 1.29 is 14.7 Å². The number of hydrogen-bond acceptors (Lipinski definition) is 2. The molecule has 0 fully saturated rings. The first-order valence-corrected chi connectivity index (χ1v) is 6.65. The Morgan fingerprint density at radius 3 is 2.22 bits per heavy atom. The maximum Gasteiger partial charge on any atom is 0.309 e. The van der Waals surface area contributed by atoms with Gasteiger partial charge < -0.3 is 10.4 Å². The van der Waals surface area contributed by atoms with E-state index >= 15 is 0 Å². The van der Waals surface area contributed by atoms with Crippen LogP contribution in [0.25, 0.3) is 0 Å². The maximum absolute atomic E-state index is 11.6. The molecule has 1 unspecified atom stereocenters. The third-order valence-electron chi connectivity index (χ3n) is 3.06. The number of carbonyl (C=O) groups excluding carboxylic acids is 1. The van der Waals surface area contributed by atoms with Gasteiger partial charge in [0.2, 0.25) is 5.91 Å². The lowest BCUT2D eigenvalue weighted by atomic mass is 9.89. The van der Waals surface area contributed by atoms with Crippen LogP contribution in [0.5, 0.6) is 0 Å². The first-order valence-electron chi connectivity index (χ1n) is 6.65. The Morgan fingerprint density at radius 1 is 1.22 bits per heavy atom. The first kappa shape index (κ1) is 16.9. The maximum atomic E-state index is 11.6. The molecule has 0 heterocycles. The predicted molar refractivity (Wildman–Crippen MR) is 72.3 cm³/mol. The summed E-state index contributed by atoms with van der Waals surface area (Å²) in [5.41, 5.74) is -0.781. The van der Waals surface area contributed by atoms with E-state index in [9.17, 15) is 9.59 Å². The van der Waals surface area contributed by atoms with Crippen molar-refractivity contribution in [3.05, 3.63) is 0 Å². The molecule has 4 nitrogen and oxygen atoms in total. The van der Waals surface area contributed by atoms with Crippen molar-refractivity contribution in [2.45, 2.75) is 53.9 Å². The van der Waals surface area contributed by atoms with Crippen LogP contribution in [-0.2, 0) is 9.59 Å². The molecular formula is C14H27NO3. The van der Waals surface area contributed by atoms with Crippen LogP contribution in [0, 0.1) is 17.3 Å². The Morgan fingerprint density at radius 2 is 1.78 bits per heavy atom. The highest BCUT2D eigenvalue weighted by molar-refractivity contribution is 5.76. The molecule has 0 saturated carbocycles. The molecule has 2 N–H and O–H groups in total. The second-order valence-electron chi connectivity index (χ2n) is 6.23. The summed E-state index contributed by atoms with van der Waals surface area (Å²) in [6.45, 7) is 10.1. The van der Waals surface area contributed by atoms with Gasteiger partial charge in [-0.25, -0.2) is 0 Å². The van der Waals surface area contributed by atoms with E-state index < -0.39 is 11.4 Å². The minimum atomic E-state index is -0.829. The Bertz CT molecular complexity index is 285. The summed E-state index contributed by atoms with van der Waals surface area (Å²) < 4.78 is 0. The highest BCUT2D eigenvalue weighted by Crippen LogP contribution is 2.19. The number of carbonyl (C=O) groups is 2. The fraction of sp³-hybridized carbons (Fsp3) is 0.857. The van der Waals surface area contributed by atoms with Gasteiger partial charge in [-0.05, 0) is 38.5 Å². The molecule has 4 heteroatoms. The molecule has 1 atom stereocenters. The monoisotopic (exact) mass is 257 g/mol. The zero-order valence-corrected chi connectivity index (χ0v) is 12.2. The Hall–Kier alpha value is -1.06.